The van der Waals surface area contributed by atoms with Crippen LogP contribution in [0.2, 0.25) is 0 Å². The van der Waals surface area contributed by atoms with E-state index in [2.05, 4.69) is 26.8 Å². The molecule has 0 saturated heterocycles. The molecule has 0 bridgehead atoms. The summed E-state index contributed by atoms with van der Waals surface area (Å²) in [4.78, 5) is 18.0. The normalized spacial score (nSPS) is 14.7. The van der Waals surface area contributed by atoms with Crippen LogP contribution in [0.15, 0.2) is 90.1 Å². The lowest BCUT2D eigenvalue weighted by Gasteiger charge is -2.28. The third-order valence-corrected chi connectivity index (χ3v) is 5.59. The first kappa shape index (κ1) is 21.1. The van der Waals surface area contributed by atoms with E-state index in [1.807, 2.05) is 37.3 Å². The Balaban J connectivity index is 1.60. The second-order valence-corrected chi connectivity index (χ2v) is 7.83. The van der Waals surface area contributed by atoms with Crippen molar-refractivity contribution in [1.82, 2.24) is 14.8 Å². The van der Waals surface area contributed by atoms with Crippen LogP contribution in [0.4, 0.5) is 16.0 Å². The first-order valence-corrected chi connectivity index (χ1v) is 10.6. The summed E-state index contributed by atoms with van der Waals surface area (Å²) in [6.07, 6.45) is 0. The number of allylic oxidation sites excluding steroid dienone is 1. The minimum atomic E-state index is -0.589. The van der Waals surface area contributed by atoms with Gasteiger partial charge in [-0.25, -0.2) is 9.07 Å². The van der Waals surface area contributed by atoms with Gasteiger partial charge >= 0.3 is 0 Å². The lowest BCUT2D eigenvalue weighted by molar-refractivity contribution is -0.113. The Morgan fingerprint density at radius 2 is 1.76 bits per heavy atom. The number of aromatic nitrogens is 3. The van der Waals surface area contributed by atoms with Gasteiger partial charge in [-0.2, -0.15) is 10.2 Å². The smallest absolute Gasteiger partial charge is 0.255 e. The first-order chi connectivity index (χ1) is 16.5. The Morgan fingerprint density at radius 1 is 1.06 bits per heavy atom. The predicted octanol–water partition coefficient (Wildman–Crippen LogP) is 4.88. The third-order valence-electron chi connectivity index (χ3n) is 5.59. The van der Waals surface area contributed by atoms with Crippen LogP contribution < -0.4 is 10.6 Å². The Bertz CT molecular complexity index is 1430. The largest absolute Gasteiger partial charge is 0.328 e. The number of amides is 1. The number of benzene rings is 3. The highest BCUT2D eigenvalue weighted by atomic mass is 19.1. The van der Waals surface area contributed by atoms with E-state index in [9.17, 15) is 14.4 Å². The van der Waals surface area contributed by atoms with Crippen molar-refractivity contribution in [1.29, 1.82) is 5.26 Å². The molecule has 0 fully saturated rings. The van der Waals surface area contributed by atoms with Gasteiger partial charge in [0.2, 0.25) is 5.95 Å². The van der Waals surface area contributed by atoms with E-state index in [1.165, 1.54) is 12.1 Å². The molecule has 0 spiro atoms. The summed E-state index contributed by atoms with van der Waals surface area (Å²) in [6, 6.07) is 23.7. The van der Waals surface area contributed by atoms with Crippen LogP contribution in [0, 0.1) is 17.1 Å². The zero-order valence-corrected chi connectivity index (χ0v) is 18.2. The molecule has 34 heavy (non-hydrogen) atoms. The van der Waals surface area contributed by atoms with Gasteiger partial charge in [-0.05, 0) is 61.0 Å². The van der Waals surface area contributed by atoms with Crippen molar-refractivity contribution in [2.24, 2.45) is 0 Å². The number of nitriles is 1. The van der Waals surface area contributed by atoms with Gasteiger partial charge in [0.1, 0.15) is 11.9 Å². The lowest BCUT2D eigenvalue weighted by atomic mass is 9.94. The van der Waals surface area contributed by atoms with Crippen LogP contribution in [-0.4, -0.2) is 20.7 Å². The van der Waals surface area contributed by atoms with Gasteiger partial charge in [0.15, 0.2) is 5.82 Å². The molecule has 1 atom stereocenters. The van der Waals surface area contributed by atoms with E-state index in [0.29, 0.717) is 39.9 Å². The highest BCUT2D eigenvalue weighted by Crippen LogP contribution is 2.37. The van der Waals surface area contributed by atoms with E-state index < -0.39 is 6.04 Å². The molecule has 2 heterocycles. The molecule has 0 radical (unpaired) electrons. The quantitative estimate of drug-likeness (QED) is 0.462. The van der Waals surface area contributed by atoms with Gasteiger partial charge in [0.05, 0.1) is 17.2 Å². The van der Waals surface area contributed by atoms with Crippen molar-refractivity contribution in [2.75, 3.05) is 10.6 Å². The van der Waals surface area contributed by atoms with Gasteiger partial charge < -0.3 is 10.6 Å². The van der Waals surface area contributed by atoms with E-state index in [0.717, 1.165) is 5.56 Å². The second kappa shape index (κ2) is 8.64. The van der Waals surface area contributed by atoms with Crippen molar-refractivity contribution >= 4 is 17.5 Å². The molecule has 3 aromatic carbocycles. The van der Waals surface area contributed by atoms with Crippen LogP contribution in [0.5, 0.6) is 0 Å². The number of carbonyl (C=O) groups excluding carboxylic acids is 1. The van der Waals surface area contributed by atoms with E-state index in [-0.39, 0.29) is 11.7 Å². The molecular weight excluding hydrogens is 431 g/mol. The van der Waals surface area contributed by atoms with E-state index in [1.54, 1.807) is 41.1 Å². The van der Waals surface area contributed by atoms with E-state index in [4.69, 9.17) is 0 Å². The van der Waals surface area contributed by atoms with Crippen molar-refractivity contribution < 1.29 is 9.18 Å². The number of nitrogens with zero attached hydrogens (tertiary/aromatic N) is 4. The van der Waals surface area contributed by atoms with Gasteiger partial charge in [-0.1, -0.05) is 30.3 Å². The summed E-state index contributed by atoms with van der Waals surface area (Å²) in [5, 5.41) is 20.0. The molecule has 1 aliphatic heterocycles. The zero-order valence-electron chi connectivity index (χ0n) is 18.2. The molecule has 1 aliphatic rings. The average molecular weight is 450 g/mol. The summed E-state index contributed by atoms with van der Waals surface area (Å²) >= 11 is 0. The molecule has 8 heteroatoms. The molecule has 4 aromatic rings. The van der Waals surface area contributed by atoms with Crippen molar-refractivity contribution in [3.63, 3.8) is 0 Å². The fourth-order valence-electron chi connectivity index (χ4n) is 3.93. The topological polar surface area (TPSA) is 95.6 Å². The van der Waals surface area contributed by atoms with Crippen molar-refractivity contribution in [3.8, 4) is 17.5 Å². The zero-order chi connectivity index (χ0) is 23.7. The lowest BCUT2D eigenvalue weighted by Crippen LogP contribution is -2.31. The minimum absolute atomic E-state index is 0.282. The molecule has 1 amide bonds. The average Bonchev–Trinajstić information content (AvgIpc) is 3.27. The van der Waals surface area contributed by atoms with Crippen LogP contribution in [0.3, 0.4) is 0 Å². The third kappa shape index (κ3) is 3.91. The maximum Gasteiger partial charge on any atom is 0.255 e. The Labute approximate surface area is 195 Å². The maximum absolute atomic E-state index is 13.4. The van der Waals surface area contributed by atoms with Crippen molar-refractivity contribution in [2.45, 2.75) is 13.0 Å². The predicted molar refractivity (Wildman–Crippen MR) is 126 cm³/mol. The van der Waals surface area contributed by atoms with Gasteiger partial charge in [0.25, 0.3) is 5.91 Å². The number of nitrogens with one attached hydrogen (secondary N) is 2. The fourth-order valence-corrected chi connectivity index (χ4v) is 3.93. The Hall–Kier alpha value is -4.77. The number of rotatable bonds is 4. The number of para-hydroxylation sites is 1. The first-order valence-electron chi connectivity index (χ1n) is 10.6. The van der Waals surface area contributed by atoms with Gasteiger partial charge in [-0.3, -0.25) is 4.79 Å². The number of anilines is 2. The number of halogens is 1. The summed E-state index contributed by atoms with van der Waals surface area (Å²) in [7, 11) is 0. The Kier molecular flexibility index (Phi) is 5.36. The van der Waals surface area contributed by atoms with Gasteiger partial charge in [0, 0.05) is 16.9 Å². The van der Waals surface area contributed by atoms with Crippen LogP contribution in [0.25, 0.3) is 11.4 Å². The van der Waals surface area contributed by atoms with E-state index >= 15 is 0 Å². The summed E-state index contributed by atoms with van der Waals surface area (Å²) in [5.74, 6) is 0.231. The molecule has 1 aromatic heterocycles. The number of hydrogen-bond donors (Lipinski definition) is 2. The molecule has 0 saturated carbocycles. The summed E-state index contributed by atoms with van der Waals surface area (Å²) < 4.78 is 15.1. The summed E-state index contributed by atoms with van der Waals surface area (Å²) in [6.45, 7) is 1.81. The molecule has 1 unspecified atom stereocenters. The monoisotopic (exact) mass is 450 g/mol. The molecular formula is C26H19FN6O. The second-order valence-electron chi connectivity index (χ2n) is 7.83. The maximum atomic E-state index is 13.4. The molecule has 0 aliphatic carbocycles. The Morgan fingerprint density at radius 3 is 2.44 bits per heavy atom. The minimum Gasteiger partial charge on any atom is -0.328 e. The standard InChI is InChI=1S/C26H19FN6O/c1-16-22(25(34)30-21-5-3-2-4-6-21)23(18-9-7-17(15-28)8-10-18)33-26(29-16)31-24(32-33)19-11-13-20(27)14-12-19/h2-14,23H,1H3,(H,30,34)(H,29,31,32). The highest BCUT2D eigenvalue weighted by Gasteiger charge is 2.34. The molecule has 2 N–H and O–H groups in total. The van der Waals surface area contributed by atoms with Crippen LogP contribution in [0.1, 0.15) is 24.1 Å². The molecule has 5 rings (SSSR count). The number of carbonyl (C=O) groups is 1. The molecule has 7 nitrogen and oxygen atoms in total. The SMILES string of the molecule is CC1=C(C(=O)Nc2ccccc2)C(c2ccc(C#N)cc2)n2nc(-c3ccc(F)cc3)nc2N1. The molecule has 166 valence electrons. The highest BCUT2D eigenvalue weighted by molar-refractivity contribution is 6.06. The van der Waals surface area contributed by atoms with Crippen molar-refractivity contribution in [3.05, 3.63) is 107 Å². The van der Waals surface area contributed by atoms with Crippen LogP contribution >= 0.6 is 0 Å². The number of fused-ring (bicyclic) bond motifs is 1. The fraction of sp³-hybridized carbons (Fsp3) is 0.0769. The number of hydrogen-bond acceptors (Lipinski definition) is 5. The summed E-state index contributed by atoms with van der Waals surface area (Å²) in [5.41, 5.74) is 3.71. The van der Waals surface area contributed by atoms with Crippen LogP contribution in [-0.2, 0) is 4.79 Å². The van der Waals surface area contributed by atoms with Gasteiger partial charge in [-0.15, -0.1) is 5.10 Å².